The van der Waals surface area contributed by atoms with E-state index in [1.54, 1.807) is 7.11 Å². The molecule has 2 heterocycles. The van der Waals surface area contributed by atoms with Crippen LogP contribution in [0.2, 0.25) is 0 Å². The largest absolute Gasteiger partial charge is 0.573 e. The van der Waals surface area contributed by atoms with Crippen molar-refractivity contribution in [2.24, 2.45) is 0 Å². The van der Waals surface area contributed by atoms with Crippen molar-refractivity contribution in [3.05, 3.63) is 24.3 Å². The van der Waals surface area contributed by atoms with Crippen LogP contribution in [0.15, 0.2) is 24.3 Å². The molecule has 0 N–H and O–H groups in total. The summed E-state index contributed by atoms with van der Waals surface area (Å²) in [6.45, 7) is 2.36. The SMILES string of the molecule is COCCN1CCC(C(=O)OC)(S(=O)(=O)N2CCC(Oc3ccc(OC(F)(F)F)cc3)CC2)CC1. The monoisotopic (exact) mass is 524 g/mol. The van der Waals surface area contributed by atoms with Crippen molar-refractivity contribution in [2.75, 3.05) is 53.6 Å². The zero-order valence-corrected chi connectivity index (χ0v) is 20.6. The molecule has 0 aromatic heterocycles. The zero-order chi connectivity index (χ0) is 25.7. The number of carbonyl (C=O) groups excluding carboxylic acids is 1. The number of methoxy groups -OCH3 is 2. The van der Waals surface area contributed by atoms with E-state index in [1.807, 2.05) is 0 Å². The summed E-state index contributed by atoms with van der Waals surface area (Å²) in [5, 5.41) is 0. The van der Waals surface area contributed by atoms with Gasteiger partial charge in [-0.25, -0.2) is 12.7 Å². The van der Waals surface area contributed by atoms with E-state index in [0.717, 1.165) is 12.1 Å². The van der Waals surface area contributed by atoms with Crippen LogP contribution < -0.4 is 9.47 Å². The first-order valence-corrected chi connectivity index (χ1v) is 12.8. The number of rotatable bonds is 9. The van der Waals surface area contributed by atoms with Gasteiger partial charge in [0.2, 0.25) is 10.0 Å². The summed E-state index contributed by atoms with van der Waals surface area (Å²) < 4.78 is 83.6. The first kappa shape index (κ1) is 27.5. The summed E-state index contributed by atoms with van der Waals surface area (Å²) >= 11 is 0. The number of piperidine rings is 2. The predicted octanol–water partition coefficient (Wildman–Crippen LogP) is 2.41. The highest BCUT2D eigenvalue weighted by molar-refractivity contribution is 7.91. The fourth-order valence-corrected chi connectivity index (χ4v) is 6.64. The summed E-state index contributed by atoms with van der Waals surface area (Å²) in [4.78, 5) is 14.8. The molecule has 0 atom stereocenters. The van der Waals surface area contributed by atoms with Crippen molar-refractivity contribution in [1.82, 2.24) is 9.21 Å². The van der Waals surface area contributed by atoms with Crippen LogP contribution in [0.1, 0.15) is 25.7 Å². The molecule has 9 nitrogen and oxygen atoms in total. The minimum absolute atomic E-state index is 0.133. The Morgan fingerprint density at radius 1 is 1.03 bits per heavy atom. The fourth-order valence-electron chi connectivity index (χ4n) is 4.46. The van der Waals surface area contributed by atoms with Crippen molar-refractivity contribution >= 4 is 16.0 Å². The molecule has 0 bridgehead atoms. The van der Waals surface area contributed by atoms with Gasteiger partial charge in [-0.05, 0) is 49.9 Å². The Labute approximate surface area is 203 Å². The van der Waals surface area contributed by atoms with Gasteiger partial charge in [0.15, 0.2) is 4.75 Å². The lowest BCUT2D eigenvalue weighted by Gasteiger charge is -2.42. The minimum atomic E-state index is -4.78. The van der Waals surface area contributed by atoms with Crippen molar-refractivity contribution < 1.29 is 45.3 Å². The maximum Gasteiger partial charge on any atom is 0.573 e. The molecule has 0 aliphatic carbocycles. The lowest BCUT2D eigenvalue weighted by atomic mass is 9.96. The van der Waals surface area contributed by atoms with Crippen LogP contribution in [0.3, 0.4) is 0 Å². The Kier molecular flexibility index (Phi) is 8.89. The van der Waals surface area contributed by atoms with E-state index in [2.05, 4.69) is 9.64 Å². The van der Waals surface area contributed by atoms with Crippen LogP contribution >= 0.6 is 0 Å². The summed E-state index contributed by atoms with van der Waals surface area (Å²) in [5.74, 6) is -0.745. The first-order valence-electron chi connectivity index (χ1n) is 11.3. The third-order valence-corrected chi connectivity index (χ3v) is 9.03. The Balaban J connectivity index is 1.61. The molecule has 3 rings (SSSR count). The molecule has 2 fully saturated rings. The standard InChI is InChI=1S/C22H31F3N2O7S/c1-31-16-15-26-13-9-21(10-14-26,20(28)32-2)35(29,30)27-11-7-18(8-12-27)33-17-3-5-19(6-4-17)34-22(23,24)25/h3-6,18H,7-16H2,1-2H3. The number of sulfonamides is 1. The maximum absolute atomic E-state index is 13.6. The smallest absolute Gasteiger partial charge is 0.490 e. The van der Waals surface area contributed by atoms with Crippen LogP contribution in [0, 0.1) is 0 Å². The van der Waals surface area contributed by atoms with E-state index in [0.29, 0.717) is 44.8 Å². The Morgan fingerprint density at radius 2 is 1.60 bits per heavy atom. The number of halogens is 3. The molecule has 13 heteroatoms. The lowest BCUT2D eigenvalue weighted by Crippen LogP contribution is -2.60. The normalized spacial score (nSPS) is 20.4. The van der Waals surface area contributed by atoms with E-state index in [1.165, 1.54) is 23.5 Å². The second-order valence-corrected chi connectivity index (χ2v) is 10.8. The molecular formula is C22H31F3N2O7S. The van der Waals surface area contributed by atoms with Crippen LogP contribution in [0.4, 0.5) is 13.2 Å². The quantitative estimate of drug-likeness (QED) is 0.455. The van der Waals surface area contributed by atoms with Gasteiger partial charge in [-0.15, -0.1) is 13.2 Å². The summed E-state index contributed by atoms with van der Waals surface area (Å²) in [6, 6.07) is 5.05. The van der Waals surface area contributed by atoms with Gasteiger partial charge in [0.05, 0.1) is 13.7 Å². The van der Waals surface area contributed by atoms with Crippen molar-refractivity contribution in [3.8, 4) is 11.5 Å². The molecule has 2 aliphatic heterocycles. The van der Waals surface area contributed by atoms with Gasteiger partial charge in [-0.3, -0.25) is 4.79 Å². The van der Waals surface area contributed by atoms with Gasteiger partial charge in [0.1, 0.15) is 17.6 Å². The molecule has 0 unspecified atom stereocenters. The third kappa shape index (κ3) is 6.57. The molecular weight excluding hydrogens is 493 g/mol. The van der Waals surface area contributed by atoms with Crippen molar-refractivity contribution in [3.63, 3.8) is 0 Å². The van der Waals surface area contributed by atoms with Gasteiger partial charge in [0.25, 0.3) is 0 Å². The molecule has 198 valence electrons. The van der Waals surface area contributed by atoms with Crippen LogP contribution in [-0.2, 0) is 24.3 Å². The summed E-state index contributed by atoms with van der Waals surface area (Å²) in [5.41, 5.74) is 0. The number of hydrogen-bond acceptors (Lipinski definition) is 8. The van der Waals surface area contributed by atoms with Crippen LogP contribution in [-0.4, -0.2) is 94.4 Å². The Morgan fingerprint density at radius 3 is 2.11 bits per heavy atom. The highest BCUT2D eigenvalue weighted by Gasteiger charge is 2.56. The molecule has 1 aromatic rings. The topological polar surface area (TPSA) is 94.6 Å². The third-order valence-electron chi connectivity index (χ3n) is 6.43. The molecule has 2 aliphatic rings. The number of ether oxygens (including phenoxy) is 4. The van der Waals surface area contributed by atoms with E-state index in [-0.39, 0.29) is 37.8 Å². The first-order chi connectivity index (χ1) is 16.5. The molecule has 1 aromatic carbocycles. The summed E-state index contributed by atoms with van der Waals surface area (Å²) in [6.07, 6.45) is -4.08. The second-order valence-electron chi connectivity index (χ2n) is 8.56. The van der Waals surface area contributed by atoms with Crippen molar-refractivity contribution in [1.29, 1.82) is 0 Å². The molecule has 0 amide bonds. The maximum atomic E-state index is 13.6. The average molecular weight is 525 g/mol. The zero-order valence-electron chi connectivity index (χ0n) is 19.8. The van der Waals surface area contributed by atoms with E-state index >= 15 is 0 Å². The highest BCUT2D eigenvalue weighted by atomic mass is 32.2. The number of carbonyl (C=O) groups is 1. The molecule has 2 saturated heterocycles. The fraction of sp³-hybridized carbons (Fsp3) is 0.682. The van der Waals surface area contributed by atoms with Gasteiger partial charge in [-0.1, -0.05) is 0 Å². The predicted molar refractivity (Wildman–Crippen MR) is 120 cm³/mol. The Bertz CT molecular complexity index is 941. The number of nitrogens with zero attached hydrogens (tertiary/aromatic N) is 2. The second kappa shape index (κ2) is 11.3. The molecule has 0 spiro atoms. The van der Waals surface area contributed by atoms with E-state index < -0.39 is 27.1 Å². The van der Waals surface area contributed by atoms with Crippen LogP contribution in [0.25, 0.3) is 0 Å². The highest BCUT2D eigenvalue weighted by Crippen LogP contribution is 2.36. The number of likely N-dealkylation sites (tertiary alicyclic amines) is 1. The van der Waals surface area contributed by atoms with E-state index in [9.17, 15) is 26.4 Å². The minimum Gasteiger partial charge on any atom is -0.490 e. The average Bonchev–Trinajstić information content (AvgIpc) is 2.83. The Hall–Kier alpha value is -2.09. The van der Waals surface area contributed by atoms with Gasteiger partial charge in [-0.2, -0.15) is 0 Å². The number of esters is 1. The van der Waals surface area contributed by atoms with Gasteiger partial charge >= 0.3 is 12.3 Å². The lowest BCUT2D eigenvalue weighted by molar-refractivity contribution is -0.274. The number of benzene rings is 1. The molecule has 0 saturated carbocycles. The van der Waals surface area contributed by atoms with Gasteiger partial charge < -0.3 is 23.8 Å². The van der Waals surface area contributed by atoms with Crippen LogP contribution in [0.5, 0.6) is 11.5 Å². The molecule has 0 radical (unpaired) electrons. The molecule has 35 heavy (non-hydrogen) atoms. The number of alkyl halides is 3. The van der Waals surface area contributed by atoms with Crippen molar-refractivity contribution in [2.45, 2.75) is 42.9 Å². The summed E-state index contributed by atoms with van der Waals surface area (Å²) in [7, 11) is -1.21. The number of hydrogen-bond donors (Lipinski definition) is 0. The van der Waals surface area contributed by atoms with E-state index in [4.69, 9.17) is 14.2 Å². The van der Waals surface area contributed by atoms with Gasteiger partial charge in [0, 0.05) is 39.8 Å².